The molecular formula is C16H26ClN3O3. The summed E-state index contributed by atoms with van der Waals surface area (Å²) in [5.41, 5.74) is 7.30. The van der Waals surface area contributed by atoms with Gasteiger partial charge in [0.1, 0.15) is 5.75 Å². The molecule has 0 aliphatic rings. The number of hydrogen-bond donors (Lipinski definition) is 2. The van der Waals surface area contributed by atoms with Crippen molar-refractivity contribution in [2.24, 2.45) is 5.73 Å². The maximum atomic E-state index is 12.0. The first-order valence-electron chi connectivity index (χ1n) is 7.35. The van der Waals surface area contributed by atoms with E-state index >= 15 is 0 Å². The molecule has 130 valence electrons. The number of nitrogens with zero attached hydrogens (tertiary/aromatic N) is 1. The molecule has 0 aromatic heterocycles. The smallest absolute Gasteiger partial charge is 0.259 e. The summed E-state index contributed by atoms with van der Waals surface area (Å²) in [5, 5.41) is 2.76. The van der Waals surface area contributed by atoms with Crippen LogP contribution in [0.4, 0.5) is 5.69 Å². The van der Waals surface area contributed by atoms with Gasteiger partial charge in [-0.25, -0.2) is 0 Å². The van der Waals surface area contributed by atoms with Gasteiger partial charge >= 0.3 is 0 Å². The van der Waals surface area contributed by atoms with Gasteiger partial charge in [0.25, 0.3) is 5.91 Å². The summed E-state index contributed by atoms with van der Waals surface area (Å²) in [7, 11) is 3.32. The molecule has 0 aliphatic heterocycles. The van der Waals surface area contributed by atoms with Crippen LogP contribution in [-0.4, -0.2) is 43.5 Å². The van der Waals surface area contributed by atoms with E-state index in [-0.39, 0.29) is 30.8 Å². The van der Waals surface area contributed by atoms with Crippen molar-refractivity contribution in [2.75, 3.05) is 26.0 Å². The molecular weight excluding hydrogens is 318 g/mol. The first-order chi connectivity index (χ1) is 10.3. The maximum absolute atomic E-state index is 12.0. The number of halogens is 1. The van der Waals surface area contributed by atoms with Gasteiger partial charge in [0, 0.05) is 14.1 Å². The zero-order chi connectivity index (χ0) is 16.7. The van der Waals surface area contributed by atoms with Crippen LogP contribution in [-0.2, 0) is 9.59 Å². The van der Waals surface area contributed by atoms with Crippen LogP contribution in [0.2, 0.25) is 0 Å². The number of aryl methyl sites for hydroxylation is 1. The molecule has 0 aliphatic carbocycles. The minimum absolute atomic E-state index is 0. The highest BCUT2D eigenvalue weighted by atomic mass is 35.5. The fraction of sp³-hybridized carbons (Fsp3) is 0.500. The van der Waals surface area contributed by atoms with E-state index in [1.54, 1.807) is 26.2 Å². The van der Waals surface area contributed by atoms with Crippen molar-refractivity contribution in [3.63, 3.8) is 0 Å². The number of hydrogen-bond acceptors (Lipinski definition) is 4. The lowest BCUT2D eigenvalue weighted by molar-refractivity contribution is -0.130. The van der Waals surface area contributed by atoms with Crippen molar-refractivity contribution in [1.29, 1.82) is 0 Å². The normalized spacial score (nSPS) is 11.2. The Morgan fingerprint density at radius 1 is 1.35 bits per heavy atom. The predicted octanol–water partition coefficient (Wildman–Crippen LogP) is 1.95. The molecule has 6 nitrogen and oxygen atoms in total. The summed E-state index contributed by atoms with van der Waals surface area (Å²) in [6.45, 7) is 3.80. The molecule has 0 saturated carbocycles. The Bertz CT molecular complexity index is 535. The summed E-state index contributed by atoms with van der Waals surface area (Å²) >= 11 is 0. The zero-order valence-electron chi connectivity index (χ0n) is 14.1. The van der Waals surface area contributed by atoms with Gasteiger partial charge in [-0.1, -0.05) is 19.4 Å². The molecule has 0 radical (unpaired) electrons. The highest BCUT2D eigenvalue weighted by Gasteiger charge is 2.15. The number of nitrogens with one attached hydrogen (secondary N) is 1. The number of nitrogens with two attached hydrogens (primary N) is 1. The van der Waals surface area contributed by atoms with E-state index in [0.29, 0.717) is 17.9 Å². The fourth-order valence-corrected chi connectivity index (χ4v) is 1.79. The molecule has 0 fully saturated rings. The fourth-order valence-electron chi connectivity index (χ4n) is 1.79. The van der Waals surface area contributed by atoms with Crippen LogP contribution < -0.4 is 15.8 Å². The highest BCUT2D eigenvalue weighted by molar-refractivity contribution is 5.96. The van der Waals surface area contributed by atoms with E-state index in [1.807, 2.05) is 19.9 Å². The molecule has 0 bridgehead atoms. The molecule has 0 saturated heterocycles. The molecule has 23 heavy (non-hydrogen) atoms. The summed E-state index contributed by atoms with van der Waals surface area (Å²) < 4.78 is 5.53. The van der Waals surface area contributed by atoms with E-state index in [0.717, 1.165) is 12.0 Å². The van der Waals surface area contributed by atoms with Crippen molar-refractivity contribution in [3.8, 4) is 5.75 Å². The average Bonchev–Trinajstić information content (AvgIpc) is 2.46. The van der Waals surface area contributed by atoms with Crippen molar-refractivity contribution in [2.45, 2.75) is 32.7 Å². The molecule has 7 heteroatoms. The second kappa shape index (κ2) is 10.1. The summed E-state index contributed by atoms with van der Waals surface area (Å²) in [4.78, 5) is 25.1. The van der Waals surface area contributed by atoms with Crippen LogP contribution >= 0.6 is 12.4 Å². The number of ether oxygens (including phenoxy) is 1. The quantitative estimate of drug-likeness (QED) is 0.792. The Morgan fingerprint density at radius 2 is 2.00 bits per heavy atom. The van der Waals surface area contributed by atoms with Crippen molar-refractivity contribution in [3.05, 3.63) is 23.8 Å². The van der Waals surface area contributed by atoms with Crippen LogP contribution in [0.5, 0.6) is 5.75 Å². The second-order valence-corrected chi connectivity index (χ2v) is 5.46. The first kappa shape index (κ1) is 21.2. The molecule has 0 spiro atoms. The van der Waals surface area contributed by atoms with Crippen LogP contribution in [0.1, 0.15) is 25.3 Å². The molecule has 1 unspecified atom stereocenters. The number of amides is 2. The highest BCUT2D eigenvalue weighted by Crippen LogP contribution is 2.26. The van der Waals surface area contributed by atoms with E-state index in [4.69, 9.17) is 10.5 Å². The third kappa shape index (κ3) is 6.88. The van der Waals surface area contributed by atoms with E-state index < -0.39 is 6.04 Å². The third-order valence-corrected chi connectivity index (χ3v) is 3.18. The van der Waals surface area contributed by atoms with Crippen LogP contribution in [0.15, 0.2) is 18.2 Å². The third-order valence-electron chi connectivity index (χ3n) is 3.18. The number of carbonyl (C=O) groups excluding carboxylic acids is 2. The lowest BCUT2D eigenvalue weighted by atomic mass is 10.1. The first-order valence-corrected chi connectivity index (χ1v) is 7.35. The summed E-state index contributed by atoms with van der Waals surface area (Å²) in [5.74, 6) is 0.0585. The van der Waals surface area contributed by atoms with Gasteiger partial charge in [-0.05, 0) is 31.0 Å². The molecule has 2 amide bonds. The molecule has 1 aromatic rings. The summed E-state index contributed by atoms with van der Waals surface area (Å²) in [6, 6.07) is 4.84. The number of anilines is 1. The Labute approximate surface area is 143 Å². The Balaban J connectivity index is 0.00000484. The second-order valence-electron chi connectivity index (χ2n) is 5.46. The van der Waals surface area contributed by atoms with Gasteiger partial charge < -0.3 is 20.7 Å². The summed E-state index contributed by atoms with van der Waals surface area (Å²) in [6.07, 6.45) is 1.45. The van der Waals surface area contributed by atoms with Gasteiger partial charge in [-0.3, -0.25) is 9.59 Å². The molecule has 1 aromatic carbocycles. The largest absolute Gasteiger partial charge is 0.482 e. The molecule has 1 atom stereocenters. The number of benzene rings is 1. The predicted molar refractivity (Wildman–Crippen MR) is 94.1 cm³/mol. The van der Waals surface area contributed by atoms with E-state index in [9.17, 15) is 9.59 Å². The average molecular weight is 344 g/mol. The van der Waals surface area contributed by atoms with Crippen molar-refractivity contribution < 1.29 is 14.3 Å². The van der Waals surface area contributed by atoms with Gasteiger partial charge in [0.15, 0.2) is 6.61 Å². The van der Waals surface area contributed by atoms with E-state index in [1.165, 1.54) is 4.90 Å². The van der Waals surface area contributed by atoms with Gasteiger partial charge in [-0.2, -0.15) is 0 Å². The zero-order valence-corrected chi connectivity index (χ0v) is 14.9. The minimum atomic E-state index is -0.553. The lowest BCUT2D eigenvalue weighted by Gasteiger charge is -2.16. The molecule has 0 heterocycles. The Morgan fingerprint density at radius 3 is 2.57 bits per heavy atom. The number of rotatable bonds is 7. The standard InChI is InChI=1S/C16H25N3O3.ClH/c1-5-6-12(17)16(21)18-13-8-7-11(2)9-14(13)22-10-15(20)19(3)4;/h7-9,12H,5-6,10,17H2,1-4H3,(H,18,21);1H. The van der Waals surface area contributed by atoms with Crippen molar-refractivity contribution in [1.82, 2.24) is 4.90 Å². The van der Waals surface area contributed by atoms with Crippen LogP contribution in [0.25, 0.3) is 0 Å². The molecule has 3 N–H and O–H groups in total. The van der Waals surface area contributed by atoms with Crippen molar-refractivity contribution >= 4 is 29.9 Å². The minimum Gasteiger partial charge on any atom is -0.482 e. The SMILES string of the molecule is CCCC(N)C(=O)Nc1ccc(C)cc1OCC(=O)N(C)C.Cl. The van der Waals surface area contributed by atoms with Crippen LogP contribution in [0.3, 0.4) is 0 Å². The molecule has 1 rings (SSSR count). The Kier molecular flexibility index (Phi) is 9.29. The topological polar surface area (TPSA) is 84.7 Å². The number of likely N-dealkylation sites (N-methyl/N-ethyl adjacent to an activating group) is 1. The van der Waals surface area contributed by atoms with Gasteiger partial charge in [-0.15, -0.1) is 12.4 Å². The van der Waals surface area contributed by atoms with Gasteiger partial charge in [0.2, 0.25) is 5.91 Å². The van der Waals surface area contributed by atoms with E-state index in [2.05, 4.69) is 5.32 Å². The van der Waals surface area contributed by atoms with Gasteiger partial charge in [0.05, 0.1) is 11.7 Å². The maximum Gasteiger partial charge on any atom is 0.259 e. The van der Waals surface area contributed by atoms with Crippen LogP contribution in [0, 0.1) is 6.92 Å². The number of carbonyl (C=O) groups is 2. The Hall–Kier alpha value is -1.79. The lowest BCUT2D eigenvalue weighted by Crippen LogP contribution is -2.35. The monoisotopic (exact) mass is 343 g/mol.